The molecule has 0 aliphatic heterocycles. The van der Waals surface area contributed by atoms with Crippen molar-refractivity contribution < 1.29 is 12.8 Å². The first kappa shape index (κ1) is 12.4. The molecule has 1 rings (SSSR count). The summed E-state index contributed by atoms with van der Waals surface area (Å²) >= 11 is 0. The maximum atomic E-state index is 12.0. The van der Waals surface area contributed by atoms with Crippen LogP contribution in [-0.4, -0.2) is 24.6 Å². The number of hydrogen-bond acceptors (Lipinski definition) is 3. The maximum absolute atomic E-state index is 12.0. The Morgan fingerprint density at radius 3 is 2.73 bits per heavy atom. The zero-order valence-electron chi connectivity index (χ0n) is 8.28. The largest absolute Gasteiger partial charge is 0.333 e. The van der Waals surface area contributed by atoms with E-state index >= 15 is 0 Å². The fourth-order valence-corrected chi connectivity index (χ4v) is 1.94. The molecule has 0 spiro atoms. The van der Waals surface area contributed by atoms with Gasteiger partial charge < -0.3 is 4.57 Å². The molecule has 0 amide bonds. The van der Waals surface area contributed by atoms with Crippen molar-refractivity contribution in [3.63, 3.8) is 0 Å². The Morgan fingerprint density at radius 2 is 2.27 bits per heavy atom. The standard InChI is InChI=1S/C8H12ClFN2O2S/c1-2-7-11-8(15(9,13)14)6-12(7)5-3-4-10/h6H,2-5H2,1H3. The summed E-state index contributed by atoms with van der Waals surface area (Å²) in [6.07, 6.45) is 2.26. The van der Waals surface area contributed by atoms with Crippen LogP contribution in [0.5, 0.6) is 0 Å². The number of aryl methyl sites for hydroxylation is 2. The molecule has 0 N–H and O–H groups in total. The topological polar surface area (TPSA) is 52.0 Å². The van der Waals surface area contributed by atoms with E-state index in [0.717, 1.165) is 0 Å². The van der Waals surface area contributed by atoms with Crippen LogP contribution in [-0.2, 0) is 22.0 Å². The summed E-state index contributed by atoms with van der Waals surface area (Å²) in [6, 6.07) is 0. The number of aromatic nitrogens is 2. The van der Waals surface area contributed by atoms with E-state index < -0.39 is 15.7 Å². The number of nitrogens with zero attached hydrogens (tertiary/aromatic N) is 2. The Labute approximate surface area is 92.5 Å². The normalized spacial score (nSPS) is 11.9. The summed E-state index contributed by atoms with van der Waals surface area (Å²) in [5.74, 6) is 0.600. The van der Waals surface area contributed by atoms with Crippen LogP contribution in [0.2, 0.25) is 0 Å². The van der Waals surface area contributed by atoms with E-state index in [-0.39, 0.29) is 5.03 Å². The smallest absolute Gasteiger partial charge is 0.280 e. The van der Waals surface area contributed by atoms with E-state index in [4.69, 9.17) is 10.7 Å². The van der Waals surface area contributed by atoms with E-state index in [9.17, 15) is 12.8 Å². The Balaban J connectivity index is 3.01. The summed E-state index contributed by atoms with van der Waals surface area (Å²) in [5.41, 5.74) is 0. The van der Waals surface area contributed by atoms with Crippen LogP contribution >= 0.6 is 10.7 Å². The second kappa shape index (κ2) is 4.94. The van der Waals surface area contributed by atoms with E-state index in [1.165, 1.54) is 6.20 Å². The zero-order valence-corrected chi connectivity index (χ0v) is 9.85. The number of hydrogen-bond donors (Lipinski definition) is 0. The van der Waals surface area contributed by atoms with Gasteiger partial charge in [-0.3, -0.25) is 4.39 Å². The molecule has 0 bridgehead atoms. The molecule has 0 saturated heterocycles. The molecule has 7 heteroatoms. The van der Waals surface area contributed by atoms with Crippen molar-refractivity contribution in [3.8, 4) is 0 Å². The van der Waals surface area contributed by atoms with Gasteiger partial charge in [-0.05, 0) is 6.42 Å². The molecular weight excluding hydrogens is 243 g/mol. The van der Waals surface area contributed by atoms with Gasteiger partial charge in [-0.15, -0.1) is 0 Å². The first-order valence-electron chi connectivity index (χ1n) is 4.55. The Bertz CT molecular complexity index is 430. The van der Waals surface area contributed by atoms with Gasteiger partial charge in [0.05, 0.1) is 6.67 Å². The molecule has 15 heavy (non-hydrogen) atoms. The molecule has 0 radical (unpaired) electrons. The van der Waals surface area contributed by atoms with Crippen molar-refractivity contribution in [1.82, 2.24) is 9.55 Å². The number of alkyl halides is 1. The van der Waals surface area contributed by atoms with Crippen LogP contribution < -0.4 is 0 Å². The summed E-state index contributed by atoms with van der Waals surface area (Å²) in [4.78, 5) is 3.87. The molecule has 1 aromatic heterocycles. The zero-order chi connectivity index (χ0) is 11.5. The van der Waals surface area contributed by atoms with Gasteiger partial charge in [0.2, 0.25) is 0 Å². The summed E-state index contributed by atoms with van der Waals surface area (Å²) in [5, 5.41) is -0.167. The Hall–Kier alpha value is -0.620. The molecule has 0 aliphatic rings. The summed E-state index contributed by atoms with van der Waals surface area (Å²) in [6.45, 7) is 1.82. The highest BCUT2D eigenvalue weighted by molar-refractivity contribution is 8.13. The third-order valence-electron chi connectivity index (χ3n) is 1.94. The van der Waals surface area contributed by atoms with Crippen molar-refractivity contribution in [2.75, 3.05) is 6.67 Å². The van der Waals surface area contributed by atoms with Crippen LogP contribution in [0.4, 0.5) is 4.39 Å². The van der Waals surface area contributed by atoms with E-state index in [1.54, 1.807) is 4.57 Å². The SMILES string of the molecule is CCc1nc(S(=O)(=O)Cl)cn1CCCF. The van der Waals surface area contributed by atoms with Crippen LogP contribution in [0.1, 0.15) is 19.2 Å². The van der Waals surface area contributed by atoms with Gasteiger partial charge in [0.1, 0.15) is 5.82 Å². The lowest BCUT2D eigenvalue weighted by molar-refractivity contribution is 0.443. The van der Waals surface area contributed by atoms with Gasteiger partial charge in [-0.2, -0.15) is 0 Å². The third-order valence-corrected chi connectivity index (χ3v) is 3.11. The second-order valence-corrected chi connectivity index (χ2v) is 5.54. The van der Waals surface area contributed by atoms with Crippen LogP contribution in [0.15, 0.2) is 11.2 Å². The molecular formula is C8H12ClFN2O2S. The van der Waals surface area contributed by atoms with Crippen LogP contribution in [0.25, 0.3) is 0 Å². The Kier molecular flexibility index (Phi) is 4.10. The molecule has 0 fully saturated rings. The first-order chi connectivity index (χ1) is 6.99. The number of imidazole rings is 1. The minimum absolute atomic E-state index is 0.167. The summed E-state index contributed by atoms with van der Waals surface area (Å²) in [7, 11) is 1.36. The van der Waals surface area contributed by atoms with Gasteiger partial charge >= 0.3 is 0 Å². The average Bonchev–Trinajstić information content (AvgIpc) is 2.57. The van der Waals surface area contributed by atoms with Crippen LogP contribution in [0, 0.1) is 0 Å². The van der Waals surface area contributed by atoms with Gasteiger partial charge in [0, 0.05) is 29.8 Å². The van der Waals surface area contributed by atoms with Crippen molar-refractivity contribution >= 4 is 19.7 Å². The number of rotatable bonds is 5. The number of halogens is 2. The molecule has 1 aromatic rings. The van der Waals surface area contributed by atoms with Gasteiger partial charge in [0.25, 0.3) is 9.05 Å². The minimum atomic E-state index is -3.79. The monoisotopic (exact) mass is 254 g/mol. The van der Waals surface area contributed by atoms with Crippen molar-refractivity contribution in [3.05, 3.63) is 12.0 Å². The highest BCUT2D eigenvalue weighted by atomic mass is 35.7. The first-order valence-corrected chi connectivity index (χ1v) is 6.86. The van der Waals surface area contributed by atoms with E-state index in [0.29, 0.717) is 25.2 Å². The molecule has 0 aromatic carbocycles. The second-order valence-electron chi connectivity index (χ2n) is 3.02. The fraction of sp³-hybridized carbons (Fsp3) is 0.625. The van der Waals surface area contributed by atoms with Crippen molar-refractivity contribution in [2.45, 2.75) is 31.3 Å². The third kappa shape index (κ3) is 3.17. The molecule has 1 heterocycles. The Morgan fingerprint density at radius 1 is 1.60 bits per heavy atom. The highest BCUT2D eigenvalue weighted by Gasteiger charge is 2.16. The van der Waals surface area contributed by atoms with Crippen molar-refractivity contribution in [2.24, 2.45) is 0 Å². The molecule has 0 saturated carbocycles. The van der Waals surface area contributed by atoms with E-state index in [1.807, 2.05) is 6.92 Å². The molecule has 0 atom stereocenters. The van der Waals surface area contributed by atoms with Crippen LogP contribution in [0.3, 0.4) is 0 Å². The molecule has 0 aliphatic carbocycles. The molecule has 4 nitrogen and oxygen atoms in total. The predicted molar refractivity (Wildman–Crippen MR) is 55.2 cm³/mol. The van der Waals surface area contributed by atoms with Gasteiger partial charge in [0.15, 0.2) is 5.03 Å². The van der Waals surface area contributed by atoms with Crippen molar-refractivity contribution in [1.29, 1.82) is 0 Å². The molecule has 0 unspecified atom stereocenters. The molecule has 86 valence electrons. The maximum Gasteiger partial charge on any atom is 0.280 e. The summed E-state index contributed by atoms with van der Waals surface area (Å²) < 4.78 is 35.6. The average molecular weight is 255 g/mol. The minimum Gasteiger partial charge on any atom is -0.333 e. The fourth-order valence-electron chi connectivity index (χ4n) is 1.25. The predicted octanol–water partition coefficient (Wildman–Crippen LogP) is 1.73. The lowest BCUT2D eigenvalue weighted by Crippen LogP contribution is -2.02. The quantitative estimate of drug-likeness (QED) is 0.752. The lowest BCUT2D eigenvalue weighted by atomic mass is 10.4. The highest BCUT2D eigenvalue weighted by Crippen LogP contribution is 2.15. The van der Waals surface area contributed by atoms with E-state index in [2.05, 4.69) is 4.98 Å². The van der Waals surface area contributed by atoms with Gasteiger partial charge in [-0.25, -0.2) is 13.4 Å². The lowest BCUT2D eigenvalue weighted by Gasteiger charge is -2.02. The van der Waals surface area contributed by atoms with Gasteiger partial charge in [-0.1, -0.05) is 6.92 Å².